The summed E-state index contributed by atoms with van der Waals surface area (Å²) >= 11 is 0. The summed E-state index contributed by atoms with van der Waals surface area (Å²) in [5.41, 5.74) is 1.29. The van der Waals surface area contributed by atoms with Crippen LogP contribution < -0.4 is 9.47 Å². The lowest BCUT2D eigenvalue weighted by Crippen LogP contribution is -2.31. The number of aromatic nitrogens is 1. The third kappa shape index (κ3) is 3.64. The van der Waals surface area contributed by atoms with Crippen molar-refractivity contribution in [2.45, 2.75) is 24.3 Å². The van der Waals surface area contributed by atoms with E-state index >= 15 is 0 Å². The Balaban J connectivity index is 1.77. The van der Waals surface area contributed by atoms with E-state index in [-0.39, 0.29) is 17.5 Å². The highest BCUT2D eigenvalue weighted by Gasteiger charge is 2.35. The summed E-state index contributed by atoms with van der Waals surface area (Å²) in [6.07, 6.45) is 1.72. The number of rotatable bonds is 5. The molecule has 3 rings (SSSR count). The molecule has 2 heterocycles. The fraction of sp³-hybridized carbons (Fsp3) is 0.333. The molecular formula is C18H19N3O4S. The Kier molecular flexibility index (Phi) is 5.11. The maximum absolute atomic E-state index is 13.0. The first-order valence-corrected chi connectivity index (χ1v) is 9.55. The molecule has 1 unspecified atom stereocenters. The maximum Gasteiger partial charge on any atom is 0.246 e. The maximum atomic E-state index is 13.0. The van der Waals surface area contributed by atoms with Crippen molar-refractivity contribution >= 4 is 10.0 Å². The first-order valence-electron chi connectivity index (χ1n) is 8.11. The molecule has 136 valence electrons. The highest BCUT2D eigenvalue weighted by Crippen LogP contribution is 2.30. The fourth-order valence-electron chi connectivity index (χ4n) is 2.85. The lowest BCUT2D eigenvalue weighted by Gasteiger charge is -2.19. The molecule has 1 aliphatic heterocycles. The molecule has 0 spiro atoms. The molecule has 1 fully saturated rings. The second-order valence-corrected chi connectivity index (χ2v) is 7.95. The number of ether oxygens (including phenoxy) is 2. The number of aryl methyl sites for hydroxylation is 1. The average Bonchev–Trinajstić information content (AvgIpc) is 3.11. The average molecular weight is 373 g/mol. The summed E-state index contributed by atoms with van der Waals surface area (Å²) < 4.78 is 38.4. The van der Waals surface area contributed by atoms with E-state index in [0.717, 1.165) is 5.56 Å². The van der Waals surface area contributed by atoms with Gasteiger partial charge in [-0.1, -0.05) is 6.07 Å². The Hall–Kier alpha value is -2.63. The molecular weight excluding hydrogens is 354 g/mol. The quantitative estimate of drug-likeness (QED) is 0.797. The molecule has 7 nitrogen and oxygen atoms in total. The van der Waals surface area contributed by atoms with Crippen molar-refractivity contribution in [2.24, 2.45) is 0 Å². The van der Waals surface area contributed by atoms with E-state index in [1.165, 1.54) is 17.6 Å². The first-order chi connectivity index (χ1) is 12.4. The van der Waals surface area contributed by atoms with Crippen molar-refractivity contribution < 1.29 is 17.9 Å². The number of sulfonamides is 1. The summed E-state index contributed by atoms with van der Waals surface area (Å²) in [4.78, 5) is 4.23. The summed E-state index contributed by atoms with van der Waals surface area (Å²) in [6.45, 7) is 2.40. The molecule has 1 aliphatic rings. The van der Waals surface area contributed by atoms with E-state index in [2.05, 4.69) is 4.98 Å². The largest absolute Gasteiger partial charge is 0.495 e. The van der Waals surface area contributed by atoms with E-state index in [0.29, 0.717) is 30.2 Å². The van der Waals surface area contributed by atoms with Crippen LogP contribution in [-0.4, -0.2) is 44.0 Å². The second-order valence-electron chi connectivity index (χ2n) is 6.04. The van der Waals surface area contributed by atoms with Gasteiger partial charge in [0, 0.05) is 18.8 Å². The van der Waals surface area contributed by atoms with Crippen molar-refractivity contribution in [1.82, 2.24) is 9.29 Å². The van der Waals surface area contributed by atoms with Crippen LogP contribution in [0.2, 0.25) is 0 Å². The van der Waals surface area contributed by atoms with Gasteiger partial charge in [-0.25, -0.2) is 13.4 Å². The Bertz CT molecular complexity index is 953. The first kappa shape index (κ1) is 18.2. The molecule has 0 radical (unpaired) electrons. The molecule has 8 heteroatoms. The van der Waals surface area contributed by atoms with Gasteiger partial charge < -0.3 is 9.47 Å². The predicted octanol–water partition coefficient (Wildman–Crippen LogP) is 2.11. The number of nitriles is 1. The van der Waals surface area contributed by atoms with E-state index in [4.69, 9.17) is 14.7 Å². The minimum absolute atomic E-state index is 0.158. The second kappa shape index (κ2) is 7.32. The van der Waals surface area contributed by atoms with Crippen LogP contribution in [0.25, 0.3) is 0 Å². The number of nitrogens with zero attached hydrogens (tertiary/aromatic N) is 3. The Morgan fingerprint density at radius 2 is 2.12 bits per heavy atom. The molecule has 1 aromatic carbocycles. The zero-order chi connectivity index (χ0) is 18.7. The van der Waals surface area contributed by atoms with Gasteiger partial charge >= 0.3 is 0 Å². The van der Waals surface area contributed by atoms with Crippen molar-refractivity contribution in [1.29, 1.82) is 5.26 Å². The van der Waals surface area contributed by atoms with Crippen LogP contribution in [0.1, 0.15) is 17.5 Å². The summed E-state index contributed by atoms with van der Waals surface area (Å²) in [6, 6.07) is 10.2. The Morgan fingerprint density at radius 1 is 1.31 bits per heavy atom. The Morgan fingerprint density at radius 3 is 2.85 bits per heavy atom. The summed E-state index contributed by atoms with van der Waals surface area (Å²) in [5, 5.41) is 8.94. The van der Waals surface area contributed by atoms with Crippen molar-refractivity contribution in [3.05, 3.63) is 47.7 Å². The topological polar surface area (TPSA) is 92.5 Å². The number of pyridine rings is 1. The van der Waals surface area contributed by atoms with Gasteiger partial charge in [0.05, 0.1) is 25.3 Å². The molecule has 0 bridgehead atoms. The molecule has 26 heavy (non-hydrogen) atoms. The predicted molar refractivity (Wildman–Crippen MR) is 94.5 cm³/mol. The van der Waals surface area contributed by atoms with Gasteiger partial charge in [-0.05, 0) is 37.1 Å². The van der Waals surface area contributed by atoms with Gasteiger partial charge in [0.1, 0.15) is 16.7 Å². The van der Waals surface area contributed by atoms with Gasteiger partial charge in [-0.15, -0.1) is 0 Å². The third-order valence-electron chi connectivity index (χ3n) is 4.20. The normalized spacial score (nSPS) is 17.7. The molecule has 0 amide bonds. The minimum Gasteiger partial charge on any atom is -0.495 e. The molecule has 1 atom stereocenters. The lowest BCUT2D eigenvalue weighted by molar-refractivity contribution is 0.207. The standard InChI is InChI=1S/C18H19N3O4S/c1-13-3-4-16(24-2)17(9-13)26(22,23)21-8-6-15(12-21)25-18-10-14(11-19)5-7-20-18/h3-5,7,9-10,15H,6,8,12H2,1-2H3. The van der Waals surface area contributed by atoms with E-state index in [1.807, 2.05) is 19.1 Å². The molecule has 2 aromatic rings. The van der Waals surface area contributed by atoms with Crippen molar-refractivity contribution in [2.75, 3.05) is 20.2 Å². The zero-order valence-corrected chi connectivity index (χ0v) is 15.4. The number of benzene rings is 1. The van der Waals surface area contributed by atoms with Gasteiger partial charge in [0.25, 0.3) is 0 Å². The fourth-order valence-corrected chi connectivity index (χ4v) is 4.58. The van der Waals surface area contributed by atoms with Crippen LogP contribution in [0, 0.1) is 18.3 Å². The van der Waals surface area contributed by atoms with Crippen LogP contribution in [-0.2, 0) is 10.0 Å². The molecule has 0 saturated carbocycles. The van der Waals surface area contributed by atoms with E-state index < -0.39 is 10.0 Å². The third-order valence-corrected chi connectivity index (χ3v) is 6.08. The number of hydrogen-bond donors (Lipinski definition) is 0. The molecule has 1 aromatic heterocycles. The molecule has 1 saturated heterocycles. The lowest BCUT2D eigenvalue weighted by atomic mass is 10.2. The smallest absolute Gasteiger partial charge is 0.246 e. The van der Waals surface area contributed by atoms with Gasteiger partial charge in [0.15, 0.2) is 0 Å². The molecule has 0 aliphatic carbocycles. The van der Waals surface area contributed by atoms with E-state index in [9.17, 15) is 8.42 Å². The van der Waals surface area contributed by atoms with Gasteiger partial charge in [-0.3, -0.25) is 0 Å². The van der Waals surface area contributed by atoms with Crippen LogP contribution in [0.3, 0.4) is 0 Å². The highest BCUT2D eigenvalue weighted by atomic mass is 32.2. The van der Waals surface area contributed by atoms with Gasteiger partial charge in [-0.2, -0.15) is 9.57 Å². The highest BCUT2D eigenvalue weighted by molar-refractivity contribution is 7.89. The van der Waals surface area contributed by atoms with Crippen molar-refractivity contribution in [3.8, 4) is 17.7 Å². The monoisotopic (exact) mass is 373 g/mol. The Labute approximate surface area is 152 Å². The van der Waals surface area contributed by atoms with Gasteiger partial charge in [0.2, 0.25) is 15.9 Å². The zero-order valence-electron chi connectivity index (χ0n) is 14.5. The van der Waals surface area contributed by atoms with Crippen LogP contribution in [0.15, 0.2) is 41.4 Å². The van der Waals surface area contributed by atoms with Crippen molar-refractivity contribution in [3.63, 3.8) is 0 Å². The van der Waals surface area contributed by atoms with Crippen LogP contribution in [0.4, 0.5) is 0 Å². The summed E-state index contributed by atoms with van der Waals surface area (Å²) in [5.74, 6) is 0.643. The number of methoxy groups -OCH3 is 1. The van der Waals surface area contributed by atoms with Crippen LogP contribution in [0.5, 0.6) is 11.6 Å². The molecule has 0 N–H and O–H groups in total. The van der Waals surface area contributed by atoms with E-state index in [1.54, 1.807) is 24.3 Å². The minimum atomic E-state index is -3.69. The SMILES string of the molecule is COc1ccc(C)cc1S(=O)(=O)N1CCC(Oc2cc(C#N)ccn2)C1. The summed E-state index contributed by atoms with van der Waals surface area (Å²) in [7, 11) is -2.23. The number of hydrogen-bond acceptors (Lipinski definition) is 6. The van der Waals surface area contributed by atoms with Crippen LogP contribution >= 0.6 is 0 Å².